The standard InChI is InChI=1S/C22H27N3O3S/c1-3-15-9-10-19-17(11-15)12-20(29-19)22(28)25-24-21(27)13-18(23-14(2)26)16-7-5-4-6-8-16/h4-8,12,15,18H,3,9-11,13H2,1-2H3,(H,23,26)(H,24,27)(H,25,28)/t15-,18+/m1/s1. The Hall–Kier alpha value is -2.67. The Morgan fingerprint density at radius 2 is 1.93 bits per heavy atom. The van der Waals surface area contributed by atoms with E-state index in [9.17, 15) is 14.4 Å². The van der Waals surface area contributed by atoms with Gasteiger partial charge in [0.2, 0.25) is 11.8 Å². The lowest BCUT2D eigenvalue weighted by Gasteiger charge is -2.19. The molecule has 2 aromatic rings. The van der Waals surface area contributed by atoms with Crippen LogP contribution >= 0.6 is 11.3 Å². The van der Waals surface area contributed by atoms with Crippen LogP contribution in [0.3, 0.4) is 0 Å². The lowest BCUT2D eigenvalue weighted by atomic mass is 9.87. The molecule has 1 aromatic carbocycles. The van der Waals surface area contributed by atoms with Crippen LogP contribution in [0.25, 0.3) is 0 Å². The number of thiophene rings is 1. The van der Waals surface area contributed by atoms with E-state index in [0.717, 1.165) is 24.8 Å². The van der Waals surface area contributed by atoms with Crippen molar-refractivity contribution in [1.82, 2.24) is 16.2 Å². The number of hydrogen-bond acceptors (Lipinski definition) is 4. The van der Waals surface area contributed by atoms with E-state index in [1.807, 2.05) is 36.4 Å². The highest BCUT2D eigenvalue weighted by molar-refractivity contribution is 7.14. The van der Waals surface area contributed by atoms with Gasteiger partial charge >= 0.3 is 0 Å². The van der Waals surface area contributed by atoms with Gasteiger partial charge in [-0.15, -0.1) is 11.3 Å². The summed E-state index contributed by atoms with van der Waals surface area (Å²) in [5.41, 5.74) is 7.07. The van der Waals surface area contributed by atoms with E-state index in [4.69, 9.17) is 0 Å². The zero-order valence-corrected chi connectivity index (χ0v) is 17.6. The van der Waals surface area contributed by atoms with Crippen molar-refractivity contribution in [2.75, 3.05) is 0 Å². The van der Waals surface area contributed by atoms with Gasteiger partial charge in [0.05, 0.1) is 17.3 Å². The number of hydrogen-bond donors (Lipinski definition) is 3. The fraction of sp³-hybridized carbons (Fsp3) is 0.409. The molecule has 0 bridgehead atoms. The second-order valence-corrected chi connectivity index (χ2v) is 8.58. The van der Waals surface area contributed by atoms with Crippen molar-refractivity contribution < 1.29 is 14.4 Å². The van der Waals surface area contributed by atoms with Crippen molar-refractivity contribution >= 4 is 29.1 Å². The van der Waals surface area contributed by atoms with E-state index in [0.29, 0.717) is 10.8 Å². The van der Waals surface area contributed by atoms with E-state index in [1.54, 1.807) is 0 Å². The van der Waals surface area contributed by atoms with E-state index in [2.05, 4.69) is 23.1 Å². The monoisotopic (exact) mass is 413 g/mol. The van der Waals surface area contributed by atoms with Crippen LogP contribution in [0.2, 0.25) is 0 Å². The van der Waals surface area contributed by atoms with Gasteiger partial charge < -0.3 is 5.32 Å². The van der Waals surface area contributed by atoms with Gasteiger partial charge in [-0.05, 0) is 42.4 Å². The summed E-state index contributed by atoms with van der Waals surface area (Å²) in [5.74, 6) is -0.198. The predicted molar refractivity (Wildman–Crippen MR) is 113 cm³/mol. The number of fused-ring (bicyclic) bond motifs is 1. The average molecular weight is 414 g/mol. The van der Waals surface area contributed by atoms with Crippen molar-refractivity contribution in [2.45, 2.75) is 52.0 Å². The van der Waals surface area contributed by atoms with Crippen LogP contribution in [0.4, 0.5) is 0 Å². The molecular formula is C22H27N3O3S. The number of aryl methyl sites for hydroxylation is 1. The van der Waals surface area contributed by atoms with Crippen LogP contribution in [-0.4, -0.2) is 17.7 Å². The minimum absolute atomic E-state index is 0.0307. The van der Waals surface area contributed by atoms with Crippen LogP contribution in [0.5, 0.6) is 0 Å². The summed E-state index contributed by atoms with van der Waals surface area (Å²) in [4.78, 5) is 38.2. The molecule has 6 nitrogen and oxygen atoms in total. The Balaban J connectivity index is 1.56. The molecule has 29 heavy (non-hydrogen) atoms. The van der Waals surface area contributed by atoms with Crippen LogP contribution in [0, 0.1) is 5.92 Å². The highest BCUT2D eigenvalue weighted by Crippen LogP contribution is 2.33. The summed E-state index contributed by atoms with van der Waals surface area (Å²) in [5, 5.41) is 2.78. The summed E-state index contributed by atoms with van der Waals surface area (Å²) in [6.07, 6.45) is 4.41. The zero-order valence-electron chi connectivity index (χ0n) is 16.8. The fourth-order valence-electron chi connectivity index (χ4n) is 3.67. The molecule has 1 aromatic heterocycles. The first kappa shape index (κ1) is 21.0. The third kappa shape index (κ3) is 5.67. The molecule has 1 heterocycles. The molecule has 2 atom stereocenters. The largest absolute Gasteiger partial charge is 0.349 e. The molecule has 0 fully saturated rings. The van der Waals surface area contributed by atoms with Crippen LogP contribution in [-0.2, 0) is 22.4 Å². The zero-order chi connectivity index (χ0) is 20.8. The Bertz CT molecular complexity index is 879. The summed E-state index contributed by atoms with van der Waals surface area (Å²) < 4.78 is 0. The van der Waals surface area contributed by atoms with E-state index in [1.165, 1.54) is 35.1 Å². The number of carbonyl (C=O) groups excluding carboxylic acids is 3. The lowest BCUT2D eigenvalue weighted by Crippen LogP contribution is -2.43. The SMILES string of the molecule is CC[C@@H]1CCc2sc(C(=O)NNC(=O)C[C@H](NC(C)=O)c3ccccc3)cc2C1. The molecule has 1 aliphatic carbocycles. The maximum Gasteiger partial charge on any atom is 0.279 e. The molecule has 0 saturated carbocycles. The van der Waals surface area contributed by atoms with Gasteiger partial charge in [-0.25, -0.2) is 0 Å². The molecule has 7 heteroatoms. The van der Waals surface area contributed by atoms with Gasteiger partial charge in [0, 0.05) is 11.8 Å². The predicted octanol–water partition coefficient (Wildman–Crippen LogP) is 3.29. The summed E-state index contributed by atoms with van der Waals surface area (Å²) in [6.45, 7) is 3.62. The third-order valence-corrected chi connectivity index (χ3v) is 6.51. The normalized spacial score (nSPS) is 16.4. The first-order valence-electron chi connectivity index (χ1n) is 9.99. The number of amides is 3. The number of nitrogens with one attached hydrogen (secondary N) is 3. The Morgan fingerprint density at radius 1 is 1.17 bits per heavy atom. The van der Waals surface area contributed by atoms with Crippen LogP contribution < -0.4 is 16.2 Å². The maximum absolute atomic E-state index is 12.5. The van der Waals surface area contributed by atoms with Gasteiger partial charge in [0.15, 0.2) is 0 Å². The van der Waals surface area contributed by atoms with Gasteiger partial charge in [-0.1, -0.05) is 43.7 Å². The van der Waals surface area contributed by atoms with Gasteiger partial charge in [0.25, 0.3) is 5.91 Å². The summed E-state index contributed by atoms with van der Waals surface area (Å²) in [7, 11) is 0. The molecule has 0 radical (unpaired) electrons. The molecule has 0 unspecified atom stereocenters. The van der Waals surface area contributed by atoms with Gasteiger partial charge in [-0.3, -0.25) is 25.2 Å². The average Bonchev–Trinajstić information content (AvgIpc) is 3.15. The minimum atomic E-state index is -0.453. The quantitative estimate of drug-likeness (QED) is 0.635. The second-order valence-electron chi connectivity index (χ2n) is 7.45. The molecule has 0 aliphatic heterocycles. The highest BCUT2D eigenvalue weighted by Gasteiger charge is 2.22. The first-order valence-corrected chi connectivity index (χ1v) is 10.8. The topological polar surface area (TPSA) is 87.3 Å². The van der Waals surface area contributed by atoms with Crippen LogP contribution in [0.1, 0.15) is 64.8 Å². The Kier molecular flexibility index (Phi) is 7.04. The van der Waals surface area contributed by atoms with E-state index >= 15 is 0 Å². The number of carbonyl (C=O) groups is 3. The second kappa shape index (κ2) is 9.69. The lowest BCUT2D eigenvalue weighted by molar-refractivity contribution is -0.123. The molecule has 154 valence electrons. The molecule has 3 amide bonds. The van der Waals surface area contributed by atoms with Crippen molar-refractivity contribution in [1.29, 1.82) is 0 Å². The van der Waals surface area contributed by atoms with E-state index < -0.39 is 6.04 Å². The van der Waals surface area contributed by atoms with Crippen LogP contribution in [0.15, 0.2) is 36.4 Å². The number of benzene rings is 1. The van der Waals surface area contributed by atoms with Crippen molar-refractivity contribution in [3.8, 4) is 0 Å². The van der Waals surface area contributed by atoms with E-state index in [-0.39, 0.29) is 24.1 Å². The molecular weight excluding hydrogens is 386 g/mol. The highest BCUT2D eigenvalue weighted by atomic mass is 32.1. The smallest absolute Gasteiger partial charge is 0.279 e. The Morgan fingerprint density at radius 3 is 2.62 bits per heavy atom. The van der Waals surface area contributed by atoms with Crippen molar-refractivity contribution in [3.63, 3.8) is 0 Å². The van der Waals surface area contributed by atoms with Gasteiger partial charge in [-0.2, -0.15) is 0 Å². The molecule has 3 N–H and O–H groups in total. The third-order valence-electron chi connectivity index (χ3n) is 5.27. The maximum atomic E-state index is 12.5. The van der Waals surface area contributed by atoms with Crippen molar-refractivity contribution in [3.05, 3.63) is 57.3 Å². The number of hydrazine groups is 1. The fourth-order valence-corrected chi connectivity index (χ4v) is 4.77. The minimum Gasteiger partial charge on any atom is -0.349 e. The molecule has 1 aliphatic rings. The molecule has 0 spiro atoms. The number of rotatable bonds is 6. The molecule has 0 saturated heterocycles. The summed E-state index contributed by atoms with van der Waals surface area (Å²) in [6, 6.07) is 10.8. The Labute approximate surface area is 175 Å². The van der Waals surface area contributed by atoms with Crippen molar-refractivity contribution in [2.24, 2.45) is 5.92 Å². The summed E-state index contributed by atoms with van der Waals surface area (Å²) >= 11 is 1.51. The first-order chi connectivity index (χ1) is 14.0. The molecule has 3 rings (SSSR count). The van der Waals surface area contributed by atoms with Gasteiger partial charge in [0.1, 0.15) is 0 Å².